The molecule has 3 N–H and O–H groups in total. The minimum Gasteiger partial charge on any atom is -0.497 e. The van der Waals surface area contributed by atoms with Crippen molar-refractivity contribution in [3.05, 3.63) is 24.3 Å². The normalized spacial score (nSPS) is 19.6. The van der Waals surface area contributed by atoms with Gasteiger partial charge >= 0.3 is 0 Å². The van der Waals surface area contributed by atoms with E-state index >= 15 is 0 Å². The second-order valence-electron chi connectivity index (χ2n) is 6.07. The predicted octanol–water partition coefficient (Wildman–Crippen LogP) is 1.91. The van der Waals surface area contributed by atoms with E-state index in [1.165, 1.54) is 0 Å². The van der Waals surface area contributed by atoms with Crippen molar-refractivity contribution < 1.29 is 9.53 Å². The molecule has 0 radical (unpaired) electrons. The third-order valence-electron chi connectivity index (χ3n) is 4.03. The number of piperidine rings is 1. The number of nitrogens with zero attached hydrogens (tertiary/aromatic N) is 1. The average molecular weight is 305 g/mol. The Bertz CT molecular complexity index is 491. The van der Waals surface area contributed by atoms with Gasteiger partial charge in [-0.05, 0) is 38.3 Å². The van der Waals surface area contributed by atoms with Gasteiger partial charge in [-0.2, -0.15) is 0 Å². The average Bonchev–Trinajstić information content (AvgIpc) is 2.53. The van der Waals surface area contributed by atoms with E-state index in [1.807, 2.05) is 25.1 Å². The van der Waals surface area contributed by atoms with E-state index < -0.39 is 0 Å². The van der Waals surface area contributed by atoms with Crippen LogP contribution in [0.4, 0.5) is 5.69 Å². The van der Waals surface area contributed by atoms with E-state index in [1.54, 1.807) is 7.11 Å². The first-order valence-electron chi connectivity index (χ1n) is 8.02. The number of benzene rings is 1. The fraction of sp³-hybridized carbons (Fsp3) is 0.588. The first-order valence-corrected chi connectivity index (χ1v) is 8.02. The van der Waals surface area contributed by atoms with Crippen molar-refractivity contribution in [1.82, 2.24) is 5.32 Å². The highest BCUT2D eigenvalue weighted by atomic mass is 16.5. The first-order chi connectivity index (χ1) is 10.6. The maximum absolute atomic E-state index is 12.0. The van der Waals surface area contributed by atoms with Crippen molar-refractivity contribution >= 4 is 11.6 Å². The Hall–Kier alpha value is -1.75. The molecule has 0 bridgehead atoms. The van der Waals surface area contributed by atoms with Gasteiger partial charge in [0, 0.05) is 43.3 Å². The molecule has 1 aromatic rings. The molecule has 1 amide bonds. The highest BCUT2D eigenvalue weighted by Crippen LogP contribution is 2.24. The van der Waals surface area contributed by atoms with Crippen LogP contribution in [-0.4, -0.2) is 38.2 Å². The number of nitrogens with one attached hydrogen (secondary N) is 1. The van der Waals surface area contributed by atoms with Crippen molar-refractivity contribution in [3.8, 4) is 5.75 Å². The molecule has 1 aliphatic heterocycles. The molecule has 0 aliphatic carbocycles. The highest BCUT2D eigenvalue weighted by molar-refractivity contribution is 5.76. The van der Waals surface area contributed by atoms with Crippen molar-refractivity contribution in [1.29, 1.82) is 0 Å². The summed E-state index contributed by atoms with van der Waals surface area (Å²) in [5.41, 5.74) is 6.85. The SMILES string of the molecule is COc1cccc(N2CCCC(NC(=O)CCC(C)N)C2)c1. The molecule has 122 valence electrons. The summed E-state index contributed by atoms with van der Waals surface area (Å²) in [6.07, 6.45) is 3.35. The quantitative estimate of drug-likeness (QED) is 0.842. The Labute approximate surface area is 132 Å². The number of carbonyl (C=O) groups is 1. The van der Waals surface area contributed by atoms with E-state index in [0.29, 0.717) is 6.42 Å². The van der Waals surface area contributed by atoms with Crippen molar-refractivity contribution in [3.63, 3.8) is 0 Å². The van der Waals surface area contributed by atoms with Gasteiger partial charge in [-0.15, -0.1) is 0 Å². The fourth-order valence-electron chi connectivity index (χ4n) is 2.80. The summed E-state index contributed by atoms with van der Waals surface area (Å²) in [4.78, 5) is 14.3. The smallest absolute Gasteiger partial charge is 0.220 e. The number of amides is 1. The fourth-order valence-corrected chi connectivity index (χ4v) is 2.80. The van der Waals surface area contributed by atoms with Gasteiger partial charge in [-0.1, -0.05) is 6.07 Å². The van der Waals surface area contributed by atoms with Crippen LogP contribution in [-0.2, 0) is 4.79 Å². The molecule has 5 nitrogen and oxygen atoms in total. The molecular formula is C17H27N3O2. The molecule has 0 spiro atoms. The lowest BCUT2D eigenvalue weighted by Crippen LogP contribution is -2.48. The van der Waals surface area contributed by atoms with Crippen LogP contribution in [0, 0.1) is 0 Å². The second-order valence-corrected chi connectivity index (χ2v) is 6.07. The van der Waals surface area contributed by atoms with Crippen LogP contribution < -0.4 is 20.7 Å². The molecule has 5 heteroatoms. The molecule has 2 atom stereocenters. The number of methoxy groups -OCH3 is 1. The largest absolute Gasteiger partial charge is 0.497 e. The van der Waals surface area contributed by atoms with Crippen LogP contribution in [0.5, 0.6) is 5.75 Å². The zero-order valence-electron chi connectivity index (χ0n) is 13.5. The number of nitrogens with two attached hydrogens (primary N) is 1. The Morgan fingerprint density at radius 2 is 2.36 bits per heavy atom. The lowest BCUT2D eigenvalue weighted by Gasteiger charge is -2.35. The van der Waals surface area contributed by atoms with Gasteiger partial charge in [0.15, 0.2) is 0 Å². The molecule has 22 heavy (non-hydrogen) atoms. The van der Waals surface area contributed by atoms with Gasteiger partial charge in [0.1, 0.15) is 5.75 Å². The standard InChI is InChI=1S/C17H27N3O2/c1-13(18)8-9-17(21)19-14-5-4-10-20(12-14)15-6-3-7-16(11-15)22-2/h3,6-7,11,13-14H,4-5,8-10,12,18H2,1-2H3,(H,19,21). The van der Waals surface area contributed by atoms with Gasteiger partial charge in [-0.25, -0.2) is 0 Å². The molecule has 1 heterocycles. The van der Waals surface area contributed by atoms with Gasteiger partial charge < -0.3 is 20.7 Å². The summed E-state index contributed by atoms with van der Waals surface area (Å²) in [7, 11) is 1.68. The number of hydrogen-bond acceptors (Lipinski definition) is 4. The topological polar surface area (TPSA) is 67.6 Å². The lowest BCUT2D eigenvalue weighted by atomic mass is 10.0. The van der Waals surface area contributed by atoms with E-state index in [2.05, 4.69) is 16.3 Å². The van der Waals surface area contributed by atoms with Crippen LogP contribution in [0.2, 0.25) is 0 Å². The zero-order valence-corrected chi connectivity index (χ0v) is 13.5. The van der Waals surface area contributed by atoms with E-state index in [9.17, 15) is 4.79 Å². The summed E-state index contributed by atoms with van der Waals surface area (Å²) in [6.45, 7) is 3.79. The number of anilines is 1. The Morgan fingerprint density at radius 3 is 3.09 bits per heavy atom. The molecule has 1 aliphatic rings. The highest BCUT2D eigenvalue weighted by Gasteiger charge is 2.21. The van der Waals surface area contributed by atoms with Gasteiger partial charge in [0.25, 0.3) is 0 Å². The molecule has 2 unspecified atom stereocenters. The van der Waals surface area contributed by atoms with Crippen LogP contribution in [0.25, 0.3) is 0 Å². The Kier molecular flexibility index (Phi) is 6.07. The Balaban J connectivity index is 1.89. The predicted molar refractivity (Wildman–Crippen MR) is 89.3 cm³/mol. The van der Waals surface area contributed by atoms with E-state index in [-0.39, 0.29) is 18.0 Å². The summed E-state index contributed by atoms with van der Waals surface area (Å²) in [6, 6.07) is 8.36. The molecule has 1 fully saturated rings. The van der Waals surface area contributed by atoms with Gasteiger partial charge in [-0.3, -0.25) is 4.79 Å². The maximum atomic E-state index is 12.0. The maximum Gasteiger partial charge on any atom is 0.220 e. The third kappa shape index (κ3) is 4.91. The number of hydrogen-bond donors (Lipinski definition) is 2. The van der Waals surface area contributed by atoms with E-state index in [4.69, 9.17) is 10.5 Å². The first kappa shape index (κ1) is 16.6. The molecular weight excluding hydrogens is 278 g/mol. The van der Waals surface area contributed by atoms with E-state index in [0.717, 1.165) is 43.8 Å². The van der Waals surface area contributed by atoms with Crippen LogP contribution >= 0.6 is 0 Å². The van der Waals surface area contributed by atoms with Crippen LogP contribution in [0.3, 0.4) is 0 Å². The summed E-state index contributed by atoms with van der Waals surface area (Å²) in [5, 5.41) is 3.14. The lowest BCUT2D eigenvalue weighted by molar-refractivity contribution is -0.122. The van der Waals surface area contributed by atoms with Gasteiger partial charge in [0.05, 0.1) is 7.11 Å². The van der Waals surface area contributed by atoms with Crippen molar-refractivity contribution in [2.75, 3.05) is 25.1 Å². The molecule has 1 saturated heterocycles. The molecule has 0 aromatic heterocycles. The van der Waals surface area contributed by atoms with Crippen molar-refractivity contribution in [2.24, 2.45) is 5.73 Å². The molecule has 0 saturated carbocycles. The monoisotopic (exact) mass is 305 g/mol. The number of carbonyl (C=O) groups excluding carboxylic acids is 1. The second kappa shape index (κ2) is 8.03. The van der Waals surface area contributed by atoms with Crippen LogP contribution in [0.1, 0.15) is 32.6 Å². The zero-order chi connectivity index (χ0) is 15.9. The number of ether oxygens (including phenoxy) is 1. The molecule has 2 rings (SSSR count). The summed E-state index contributed by atoms with van der Waals surface area (Å²) in [5.74, 6) is 0.968. The van der Waals surface area contributed by atoms with Crippen LogP contribution in [0.15, 0.2) is 24.3 Å². The molecule has 1 aromatic carbocycles. The number of rotatable bonds is 6. The van der Waals surface area contributed by atoms with Crippen molar-refractivity contribution in [2.45, 2.75) is 44.7 Å². The summed E-state index contributed by atoms with van der Waals surface area (Å²) < 4.78 is 5.28. The minimum absolute atomic E-state index is 0.0744. The third-order valence-corrected chi connectivity index (χ3v) is 4.03. The summed E-state index contributed by atoms with van der Waals surface area (Å²) >= 11 is 0. The minimum atomic E-state index is 0.0744. The Morgan fingerprint density at radius 1 is 1.55 bits per heavy atom. The van der Waals surface area contributed by atoms with Gasteiger partial charge in [0.2, 0.25) is 5.91 Å².